The highest BCUT2D eigenvalue weighted by Gasteiger charge is 2.62. The molecule has 0 N–H and O–H groups in total. The Morgan fingerprint density at radius 1 is 1.50 bits per heavy atom. The lowest BCUT2D eigenvalue weighted by molar-refractivity contribution is -0.143. The van der Waals surface area contributed by atoms with Crippen molar-refractivity contribution in [3.63, 3.8) is 0 Å². The average Bonchev–Trinajstić information content (AvgIpc) is 2.61. The molecule has 2 bridgehead atoms. The molecule has 3 heteroatoms. The Morgan fingerprint density at radius 3 is 3.08 bits per heavy atom. The normalized spacial score (nSPS) is 53.9. The van der Waals surface area contributed by atoms with Gasteiger partial charge in [-0.3, -0.25) is 4.79 Å². The fourth-order valence-corrected chi connectivity index (χ4v) is 3.17. The zero-order valence-corrected chi connectivity index (χ0v) is 6.56. The molecule has 0 aromatic carbocycles. The third-order valence-corrected chi connectivity index (χ3v) is 3.63. The number of esters is 1. The number of carbonyl (C=O) groups excluding carboxylic acids is 1. The van der Waals surface area contributed by atoms with Gasteiger partial charge in [-0.15, -0.1) is 0 Å². The molecule has 1 heterocycles. The molecule has 2 aliphatic carbocycles. The first-order chi connectivity index (χ1) is 5.81. The Kier molecular flexibility index (Phi) is 0.982. The molecule has 3 nitrogen and oxygen atoms in total. The van der Waals surface area contributed by atoms with E-state index in [0.29, 0.717) is 11.8 Å². The Hall–Kier alpha value is -1.04. The maximum atomic E-state index is 11.3. The van der Waals surface area contributed by atoms with E-state index in [0.717, 1.165) is 12.8 Å². The summed E-state index contributed by atoms with van der Waals surface area (Å²) in [6.07, 6.45) is 2.14. The zero-order chi connectivity index (χ0) is 8.29. The number of rotatable bonds is 0. The van der Waals surface area contributed by atoms with E-state index in [-0.39, 0.29) is 23.9 Å². The van der Waals surface area contributed by atoms with Gasteiger partial charge in [0.1, 0.15) is 6.10 Å². The highest BCUT2D eigenvalue weighted by molar-refractivity contribution is 5.77. The molecule has 0 radical (unpaired) electrons. The smallest absolute Gasteiger partial charge is 0.310 e. The number of carbonyl (C=O) groups is 1. The van der Waals surface area contributed by atoms with Crippen molar-refractivity contribution >= 4 is 5.97 Å². The Bertz CT molecular complexity index is 291. The molecule has 1 aliphatic heterocycles. The summed E-state index contributed by atoms with van der Waals surface area (Å²) in [6.45, 7) is 0. The van der Waals surface area contributed by atoms with E-state index in [1.807, 2.05) is 0 Å². The van der Waals surface area contributed by atoms with Gasteiger partial charge in [-0.1, -0.05) is 0 Å². The van der Waals surface area contributed by atoms with Gasteiger partial charge in [0.15, 0.2) is 0 Å². The van der Waals surface area contributed by atoms with Crippen LogP contribution in [-0.4, -0.2) is 12.1 Å². The van der Waals surface area contributed by atoms with E-state index in [1.54, 1.807) is 0 Å². The minimum absolute atomic E-state index is 0.0405. The Morgan fingerprint density at radius 2 is 2.33 bits per heavy atom. The average molecular weight is 163 g/mol. The van der Waals surface area contributed by atoms with Crippen molar-refractivity contribution < 1.29 is 9.53 Å². The molecule has 3 rings (SSSR count). The van der Waals surface area contributed by atoms with Crippen LogP contribution in [0.5, 0.6) is 0 Å². The molecular weight excluding hydrogens is 154 g/mol. The van der Waals surface area contributed by atoms with E-state index in [9.17, 15) is 4.79 Å². The van der Waals surface area contributed by atoms with Crippen molar-refractivity contribution in [2.75, 3.05) is 0 Å². The van der Waals surface area contributed by atoms with E-state index in [2.05, 4.69) is 6.07 Å². The van der Waals surface area contributed by atoms with Gasteiger partial charge >= 0.3 is 5.97 Å². The highest BCUT2D eigenvalue weighted by atomic mass is 16.6. The topological polar surface area (TPSA) is 50.1 Å². The molecule has 0 amide bonds. The van der Waals surface area contributed by atoms with Crippen LogP contribution in [0.15, 0.2) is 0 Å². The largest absolute Gasteiger partial charge is 0.462 e. The lowest BCUT2D eigenvalue weighted by Gasteiger charge is -2.17. The first-order valence-electron chi connectivity index (χ1n) is 4.41. The Labute approximate surface area is 70.3 Å². The van der Waals surface area contributed by atoms with E-state index in [1.165, 1.54) is 0 Å². The second kappa shape index (κ2) is 1.82. The minimum atomic E-state index is -0.114. The van der Waals surface area contributed by atoms with Crippen molar-refractivity contribution in [3.05, 3.63) is 0 Å². The summed E-state index contributed by atoms with van der Waals surface area (Å²) in [7, 11) is 0. The molecule has 5 atom stereocenters. The van der Waals surface area contributed by atoms with Gasteiger partial charge in [-0.2, -0.15) is 5.26 Å². The second-order valence-electron chi connectivity index (χ2n) is 4.05. The van der Waals surface area contributed by atoms with Gasteiger partial charge in [-0.25, -0.2) is 0 Å². The minimum Gasteiger partial charge on any atom is -0.462 e. The monoisotopic (exact) mass is 163 g/mol. The van der Waals surface area contributed by atoms with Crippen LogP contribution >= 0.6 is 0 Å². The van der Waals surface area contributed by atoms with Gasteiger partial charge in [0, 0.05) is 5.92 Å². The van der Waals surface area contributed by atoms with Crippen molar-refractivity contribution in [1.29, 1.82) is 5.26 Å². The first-order valence-corrected chi connectivity index (χ1v) is 4.41. The van der Waals surface area contributed by atoms with Crippen LogP contribution < -0.4 is 0 Å². The molecule has 12 heavy (non-hydrogen) atoms. The molecule has 3 fully saturated rings. The maximum absolute atomic E-state index is 11.3. The molecule has 62 valence electrons. The van der Waals surface area contributed by atoms with E-state index >= 15 is 0 Å². The standard InChI is InChI=1S/C9H9NO2/c10-3-6-4-1-5-7(2-4)12-9(11)8(5)6/h4-8H,1-2H2/t4-,5+,6+,7+,8-/m0/s1. The number of fused-ring (bicyclic) bond motifs is 1. The molecule has 0 spiro atoms. The van der Waals surface area contributed by atoms with Gasteiger partial charge in [0.2, 0.25) is 0 Å². The molecular formula is C9H9NO2. The molecule has 2 saturated carbocycles. The predicted octanol–water partition coefficient (Wildman–Crippen LogP) is 0.708. The van der Waals surface area contributed by atoms with Crippen LogP contribution in [0, 0.1) is 35.0 Å². The van der Waals surface area contributed by atoms with Crippen LogP contribution in [0.4, 0.5) is 0 Å². The van der Waals surface area contributed by atoms with Crippen LogP contribution in [0.25, 0.3) is 0 Å². The van der Waals surface area contributed by atoms with Crippen LogP contribution in [0.1, 0.15) is 12.8 Å². The van der Waals surface area contributed by atoms with Gasteiger partial charge < -0.3 is 4.74 Å². The second-order valence-corrected chi connectivity index (χ2v) is 4.05. The summed E-state index contributed by atoms with van der Waals surface area (Å²) in [6, 6.07) is 2.25. The van der Waals surface area contributed by atoms with Crippen LogP contribution in [-0.2, 0) is 9.53 Å². The Balaban J connectivity index is 2.05. The van der Waals surface area contributed by atoms with Crippen molar-refractivity contribution in [1.82, 2.24) is 0 Å². The molecule has 3 aliphatic rings. The third kappa shape index (κ3) is 0.523. The number of hydrogen-bond acceptors (Lipinski definition) is 3. The van der Waals surface area contributed by atoms with Crippen molar-refractivity contribution in [2.45, 2.75) is 18.9 Å². The molecule has 0 aromatic rings. The molecule has 0 unspecified atom stereocenters. The fraction of sp³-hybridized carbons (Fsp3) is 0.778. The SMILES string of the molecule is N#C[C@@H]1[C@H]2C[C@H]3[C@@H]1C(=O)O[C@@H]3C2. The molecule has 0 aromatic heterocycles. The highest BCUT2D eigenvalue weighted by Crippen LogP contribution is 2.57. The number of nitriles is 1. The van der Waals surface area contributed by atoms with Crippen molar-refractivity contribution in [2.24, 2.45) is 23.7 Å². The van der Waals surface area contributed by atoms with Gasteiger partial charge in [0.05, 0.1) is 17.9 Å². The zero-order valence-electron chi connectivity index (χ0n) is 6.56. The maximum Gasteiger partial charge on any atom is 0.310 e. The van der Waals surface area contributed by atoms with Crippen LogP contribution in [0.3, 0.4) is 0 Å². The van der Waals surface area contributed by atoms with E-state index < -0.39 is 0 Å². The quantitative estimate of drug-likeness (QED) is 0.494. The molecule has 1 saturated heterocycles. The summed E-state index contributed by atoms with van der Waals surface area (Å²) in [5.74, 6) is 0.602. The lowest BCUT2D eigenvalue weighted by Crippen LogP contribution is -2.24. The summed E-state index contributed by atoms with van der Waals surface area (Å²) in [5, 5.41) is 8.87. The number of ether oxygens (including phenoxy) is 1. The first kappa shape index (κ1) is 6.47. The third-order valence-electron chi connectivity index (χ3n) is 3.63. The summed E-state index contributed by atoms with van der Waals surface area (Å²) >= 11 is 0. The summed E-state index contributed by atoms with van der Waals surface area (Å²) in [4.78, 5) is 11.3. The fourth-order valence-electron chi connectivity index (χ4n) is 3.17. The summed E-state index contributed by atoms with van der Waals surface area (Å²) in [5.41, 5.74) is 0. The number of nitrogens with zero attached hydrogens (tertiary/aromatic N) is 1. The lowest BCUT2D eigenvalue weighted by atomic mass is 9.81. The van der Waals surface area contributed by atoms with E-state index in [4.69, 9.17) is 10.00 Å². The number of hydrogen-bond donors (Lipinski definition) is 0. The predicted molar refractivity (Wildman–Crippen MR) is 38.7 cm³/mol. The van der Waals surface area contributed by atoms with Crippen LogP contribution in [0.2, 0.25) is 0 Å². The van der Waals surface area contributed by atoms with Gasteiger partial charge in [0.25, 0.3) is 0 Å². The van der Waals surface area contributed by atoms with Gasteiger partial charge in [-0.05, 0) is 18.8 Å². The summed E-state index contributed by atoms with van der Waals surface area (Å²) < 4.78 is 5.18. The van der Waals surface area contributed by atoms with Crippen molar-refractivity contribution in [3.8, 4) is 6.07 Å².